The van der Waals surface area contributed by atoms with E-state index in [9.17, 15) is 5.11 Å². The predicted octanol–water partition coefficient (Wildman–Crippen LogP) is 3.29. The van der Waals surface area contributed by atoms with E-state index >= 15 is 0 Å². The van der Waals surface area contributed by atoms with Crippen molar-refractivity contribution in [3.8, 4) is 0 Å². The topological polar surface area (TPSA) is 25.2 Å². The highest BCUT2D eigenvalue weighted by atomic mass is 16.3. The van der Waals surface area contributed by atoms with Gasteiger partial charge in [-0.15, -0.1) is 6.58 Å². The number of hydrogen-bond acceptors (Lipinski definition) is 1. The fraction of sp³-hybridized carbons (Fsp3) is 0.600. The first-order valence-electron chi connectivity index (χ1n) is 6.74. The predicted molar refractivity (Wildman–Crippen MR) is 70.8 cm³/mol. The van der Waals surface area contributed by atoms with Crippen LogP contribution in [0.1, 0.15) is 43.5 Å². The van der Waals surface area contributed by atoms with Crippen molar-refractivity contribution in [3.05, 3.63) is 36.2 Å². The van der Waals surface area contributed by atoms with Gasteiger partial charge >= 0.3 is 0 Å². The molecule has 0 spiro atoms. The van der Waals surface area contributed by atoms with Crippen LogP contribution in [0.3, 0.4) is 0 Å². The molecule has 1 aromatic rings. The third-order valence-electron chi connectivity index (χ3n) is 3.86. The molecule has 0 atom stereocenters. The minimum absolute atomic E-state index is 0.124. The van der Waals surface area contributed by atoms with Crippen molar-refractivity contribution >= 4 is 0 Å². The van der Waals surface area contributed by atoms with Crippen molar-refractivity contribution in [1.82, 2.24) is 4.57 Å². The summed E-state index contributed by atoms with van der Waals surface area (Å²) in [5.74, 6) is 0.841. The van der Waals surface area contributed by atoms with Crippen LogP contribution in [0, 0.1) is 5.92 Å². The van der Waals surface area contributed by atoms with Crippen LogP contribution >= 0.6 is 0 Å². The number of aliphatic hydroxyl groups excluding tert-OH is 1. The lowest BCUT2D eigenvalue weighted by Gasteiger charge is -2.22. The van der Waals surface area contributed by atoms with E-state index in [1.165, 1.54) is 37.8 Å². The summed E-state index contributed by atoms with van der Waals surface area (Å²) in [6.07, 6.45) is 9.99. The Morgan fingerprint density at radius 1 is 1.24 bits per heavy atom. The number of aromatic nitrogens is 1. The molecular weight excluding hydrogens is 210 g/mol. The highest BCUT2D eigenvalue weighted by Gasteiger charge is 2.16. The zero-order chi connectivity index (χ0) is 12.1. The van der Waals surface area contributed by atoms with Gasteiger partial charge in [-0.2, -0.15) is 0 Å². The molecule has 1 heterocycles. The molecule has 0 bridgehead atoms. The van der Waals surface area contributed by atoms with Crippen molar-refractivity contribution in [1.29, 1.82) is 0 Å². The lowest BCUT2D eigenvalue weighted by Crippen LogP contribution is -2.13. The second-order valence-corrected chi connectivity index (χ2v) is 5.08. The molecule has 1 aromatic heterocycles. The van der Waals surface area contributed by atoms with Gasteiger partial charge < -0.3 is 9.67 Å². The molecule has 1 aliphatic rings. The SMILES string of the molecule is C=CCn1c(CO)ccc1CC1CCCCC1. The summed E-state index contributed by atoms with van der Waals surface area (Å²) in [6, 6.07) is 4.21. The molecule has 17 heavy (non-hydrogen) atoms. The molecule has 0 aliphatic heterocycles. The second kappa shape index (κ2) is 6.06. The summed E-state index contributed by atoms with van der Waals surface area (Å²) in [5.41, 5.74) is 2.37. The maximum atomic E-state index is 9.31. The lowest BCUT2D eigenvalue weighted by molar-refractivity contribution is 0.270. The first kappa shape index (κ1) is 12.4. The van der Waals surface area contributed by atoms with E-state index in [2.05, 4.69) is 17.2 Å². The van der Waals surface area contributed by atoms with Gasteiger partial charge in [0, 0.05) is 17.9 Å². The summed E-state index contributed by atoms with van der Waals surface area (Å²) in [6.45, 7) is 4.73. The lowest BCUT2D eigenvalue weighted by atomic mass is 9.86. The van der Waals surface area contributed by atoms with E-state index in [4.69, 9.17) is 0 Å². The zero-order valence-corrected chi connectivity index (χ0v) is 10.6. The monoisotopic (exact) mass is 233 g/mol. The molecule has 1 N–H and O–H groups in total. The van der Waals surface area contributed by atoms with Crippen LogP contribution in [0.5, 0.6) is 0 Å². The highest BCUT2D eigenvalue weighted by Crippen LogP contribution is 2.27. The van der Waals surface area contributed by atoms with Crippen molar-refractivity contribution in [2.75, 3.05) is 0 Å². The molecule has 0 radical (unpaired) electrons. The van der Waals surface area contributed by atoms with E-state index in [1.807, 2.05) is 12.1 Å². The van der Waals surface area contributed by atoms with Crippen LogP contribution in [-0.4, -0.2) is 9.67 Å². The third kappa shape index (κ3) is 3.01. The van der Waals surface area contributed by atoms with Crippen molar-refractivity contribution in [3.63, 3.8) is 0 Å². The fourth-order valence-corrected chi connectivity index (χ4v) is 2.92. The first-order valence-corrected chi connectivity index (χ1v) is 6.74. The van der Waals surface area contributed by atoms with Gasteiger partial charge in [0.25, 0.3) is 0 Å². The maximum Gasteiger partial charge on any atom is 0.0833 e. The standard InChI is InChI=1S/C15H23NO/c1-2-10-16-14(8-9-15(16)12-17)11-13-6-4-3-5-7-13/h2,8-9,13,17H,1,3-7,10-12H2. The Bertz CT molecular complexity index is 361. The quantitative estimate of drug-likeness (QED) is 0.776. The average Bonchev–Trinajstić information content (AvgIpc) is 2.74. The van der Waals surface area contributed by atoms with Crippen molar-refractivity contribution < 1.29 is 5.11 Å². The Balaban J connectivity index is 2.08. The van der Waals surface area contributed by atoms with Gasteiger partial charge in [0.2, 0.25) is 0 Å². The fourth-order valence-electron chi connectivity index (χ4n) is 2.92. The second-order valence-electron chi connectivity index (χ2n) is 5.08. The Kier molecular flexibility index (Phi) is 4.43. The molecule has 94 valence electrons. The van der Waals surface area contributed by atoms with Gasteiger partial charge in [-0.3, -0.25) is 0 Å². The molecule has 0 unspecified atom stereocenters. The molecular formula is C15H23NO. The normalized spacial score (nSPS) is 17.2. The molecule has 1 fully saturated rings. The molecule has 0 saturated heterocycles. The van der Waals surface area contributed by atoms with Crippen LogP contribution < -0.4 is 0 Å². The Morgan fingerprint density at radius 2 is 1.94 bits per heavy atom. The molecule has 1 saturated carbocycles. The van der Waals surface area contributed by atoms with Gasteiger partial charge in [0.1, 0.15) is 0 Å². The van der Waals surface area contributed by atoms with Gasteiger partial charge in [-0.25, -0.2) is 0 Å². The minimum atomic E-state index is 0.124. The van der Waals surface area contributed by atoms with Crippen molar-refractivity contribution in [2.24, 2.45) is 5.92 Å². The molecule has 2 nitrogen and oxygen atoms in total. The molecule has 0 amide bonds. The van der Waals surface area contributed by atoms with Gasteiger partial charge in [-0.05, 0) is 24.5 Å². The van der Waals surface area contributed by atoms with Crippen LogP contribution in [-0.2, 0) is 19.6 Å². The molecule has 2 heteroatoms. The number of rotatable bonds is 5. The van der Waals surface area contributed by atoms with E-state index < -0.39 is 0 Å². The maximum absolute atomic E-state index is 9.31. The summed E-state index contributed by atoms with van der Waals surface area (Å²) in [5, 5.41) is 9.31. The van der Waals surface area contributed by atoms with Gasteiger partial charge in [-0.1, -0.05) is 38.2 Å². The largest absolute Gasteiger partial charge is 0.390 e. The Labute approximate surface area is 104 Å². The van der Waals surface area contributed by atoms with Crippen LogP contribution in [0.25, 0.3) is 0 Å². The number of nitrogens with zero attached hydrogens (tertiary/aromatic N) is 1. The Hall–Kier alpha value is -1.02. The van der Waals surface area contributed by atoms with Crippen LogP contribution in [0.2, 0.25) is 0 Å². The summed E-state index contributed by atoms with van der Waals surface area (Å²) in [7, 11) is 0. The van der Waals surface area contributed by atoms with Crippen LogP contribution in [0.4, 0.5) is 0 Å². The number of aliphatic hydroxyl groups is 1. The number of hydrogen-bond donors (Lipinski definition) is 1. The molecule has 0 aromatic carbocycles. The number of allylic oxidation sites excluding steroid dienone is 1. The van der Waals surface area contributed by atoms with E-state index in [1.54, 1.807) is 0 Å². The average molecular weight is 233 g/mol. The highest BCUT2D eigenvalue weighted by molar-refractivity contribution is 5.17. The van der Waals surface area contributed by atoms with Gasteiger partial charge in [0.15, 0.2) is 0 Å². The zero-order valence-electron chi connectivity index (χ0n) is 10.6. The Morgan fingerprint density at radius 3 is 2.59 bits per heavy atom. The third-order valence-corrected chi connectivity index (χ3v) is 3.86. The summed E-state index contributed by atoms with van der Waals surface area (Å²) < 4.78 is 2.21. The minimum Gasteiger partial charge on any atom is -0.390 e. The molecule has 1 aliphatic carbocycles. The molecule has 2 rings (SSSR count). The first-order chi connectivity index (χ1) is 8.35. The summed E-state index contributed by atoms with van der Waals surface area (Å²) in [4.78, 5) is 0. The van der Waals surface area contributed by atoms with Crippen molar-refractivity contribution in [2.45, 2.75) is 51.7 Å². The van der Waals surface area contributed by atoms with E-state index in [-0.39, 0.29) is 6.61 Å². The van der Waals surface area contributed by atoms with Gasteiger partial charge in [0.05, 0.1) is 6.61 Å². The van der Waals surface area contributed by atoms with Crippen LogP contribution in [0.15, 0.2) is 24.8 Å². The summed E-state index contributed by atoms with van der Waals surface area (Å²) >= 11 is 0. The smallest absolute Gasteiger partial charge is 0.0833 e. The van der Waals surface area contributed by atoms with E-state index in [0.29, 0.717) is 0 Å². The van der Waals surface area contributed by atoms with E-state index in [0.717, 1.165) is 24.6 Å².